The highest BCUT2D eigenvalue weighted by Crippen LogP contribution is 2.38. The van der Waals surface area contributed by atoms with Crippen LogP contribution in [0.1, 0.15) is 39.2 Å². The second kappa shape index (κ2) is 6.90. The first-order chi connectivity index (χ1) is 13.2. The molecule has 150 valence electrons. The summed E-state index contributed by atoms with van der Waals surface area (Å²) in [6.45, 7) is 12.4. The normalized spacial score (nSPS) is 21.4. The van der Waals surface area contributed by atoms with Gasteiger partial charge in [-0.2, -0.15) is 0 Å². The fourth-order valence-electron chi connectivity index (χ4n) is 3.65. The minimum Gasteiger partial charge on any atom is -0.543 e. The number of fused-ring (bicyclic) bond motifs is 4. The second-order valence-corrected chi connectivity index (χ2v) is 14.0. The minimum atomic E-state index is -2.04. The van der Waals surface area contributed by atoms with Crippen LogP contribution in [-0.4, -0.2) is 32.9 Å². The molecule has 0 amide bonds. The first-order valence-corrected chi connectivity index (χ1v) is 13.0. The molecule has 1 fully saturated rings. The number of allylic oxidation sites excluding steroid dienone is 2. The molecule has 0 saturated carbocycles. The zero-order valence-corrected chi connectivity index (χ0v) is 18.5. The van der Waals surface area contributed by atoms with Gasteiger partial charge in [-0.25, -0.2) is 0 Å². The van der Waals surface area contributed by atoms with Gasteiger partial charge in [-0.15, -0.1) is 0 Å². The molecule has 0 spiro atoms. The quantitative estimate of drug-likeness (QED) is 0.775. The van der Waals surface area contributed by atoms with Crippen molar-refractivity contribution in [3.05, 3.63) is 39.8 Å². The van der Waals surface area contributed by atoms with Gasteiger partial charge >= 0.3 is 0 Å². The fourth-order valence-corrected chi connectivity index (χ4v) is 4.67. The maximum atomic E-state index is 9.99. The molecule has 5 heteroatoms. The lowest BCUT2D eigenvalue weighted by molar-refractivity contribution is -0.0918. The van der Waals surface area contributed by atoms with Crippen molar-refractivity contribution in [3.8, 4) is 11.5 Å². The number of hydrogen-bond acceptors (Lipinski definition) is 4. The molecule has 4 rings (SSSR count). The van der Waals surface area contributed by atoms with E-state index in [-0.39, 0.29) is 5.04 Å². The molecule has 0 aromatic heterocycles. The van der Waals surface area contributed by atoms with Crippen molar-refractivity contribution < 1.29 is 19.0 Å². The zero-order chi connectivity index (χ0) is 20.1. The molecule has 0 radical (unpaired) electrons. The average molecular weight is 399 g/mol. The van der Waals surface area contributed by atoms with Crippen LogP contribution in [0.15, 0.2) is 23.8 Å². The van der Waals surface area contributed by atoms with Crippen LogP contribution >= 0.6 is 0 Å². The van der Waals surface area contributed by atoms with Crippen LogP contribution in [0.4, 0.5) is 0 Å². The molecular weight excluding hydrogens is 368 g/mol. The average Bonchev–Trinajstić information content (AvgIpc) is 2.80. The molecule has 1 atom stereocenters. The Bertz CT molecular complexity index is 979. The number of ether oxygens (including phenoxy) is 2. The van der Waals surface area contributed by atoms with E-state index in [9.17, 15) is 5.11 Å². The van der Waals surface area contributed by atoms with Gasteiger partial charge in [0.1, 0.15) is 11.5 Å². The number of aliphatic hydroxyl groups is 1. The smallest absolute Gasteiger partial charge is 0.250 e. The molecule has 1 saturated heterocycles. The molecular formula is C23H30O4Si. The predicted octanol–water partition coefficient (Wildman–Crippen LogP) is 3.48. The largest absolute Gasteiger partial charge is 0.543 e. The Kier molecular flexibility index (Phi) is 4.80. The molecule has 2 heterocycles. The van der Waals surface area contributed by atoms with Crippen LogP contribution < -0.4 is 19.6 Å². The van der Waals surface area contributed by atoms with Gasteiger partial charge < -0.3 is 19.0 Å². The molecule has 2 aliphatic heterocycles. The van der Waals surface area contributed by atoms with E-state index >= 15 is 0 Å². The number of benzene rings is 1. The second-order valence-electron chi connectivity index (χ2n) is 9.28. The third kappa shape index (κ3) is 3.36. The van der Waals surface area contributed by atoms with Gasteiger partial charge in [0, 0.05) is 28.8 Å². The number of rotatable bonds is 2. The molecule has 0 bridgehead atoms. The van der Waals surface area contributed by atoms with Crippen LogP contribution in [-0.2, 0) is 4.74 Å². The standard InChI is InChI=1S/C23H30O4Si/c1-23(2,3)28(4,5)27-19-12-16-9-7-11-25-22(16)17-10-6-8-15-13-20(24)26-14-18(15)21(17)19/h6,8-10,12,20,24H,7,11,13-14H2,1-5H3. The van der Waals surface area contributed by atoms with Crippen molar-refractivity contribution in [2.24, 2.45) is 0 Å². The van der Waals surface area contributed by atoms with Crippen molar-refractivity contribution in [2.45, 2.75) is 58.0 Å². The minimum absolute atomic E-state index is 0.0964. The monoisotopic (exact) mass is 398 g/mol. The van der Waals surface area contributed by atoms with E-state index in [2.05, 4.69) is 58.2 Å². The van der Waals surface area contributed by atoms with Crippen molar-refractivity contribution in [1.82, 2.24) is 0 Å². The van der Waals surface area contributed by atoms with Crippen LogP contribution in [0, 0.1) is 0 Å². The van der Waals surface area contributed by atoms with Crippen molar-refractivity contribution in [3.63, 3.8) is 0 Å². The van der Waals surface area contributed by atoms with E-state index in [0.717, 1.165) is 45.1 Å². The maximum Gasteiger partial charge on any atom is 0.250 e. The lowest BCUT2D eigenvalue weighted by Gasteiger charge is -2.37. The van der Waals surface area contributed by atoms with Gasteiger partial charge in [0.15, 0.2) is 6.29 Å². The molecule has 3 aliphatic rings. The van der Waals surface area contributed by atoms with Crippen molar-refractivity contribution in [2.75, 3.05) is 13.2 Å². The summed E-state index contributed by atoms with van der Waals surface area (Å²) in [5.74, 6) is 1.84. The van der Waals surface area contributed by atoms with Crippen molar-refractivity contribution >= 4 is 26.0 Å². The molecule has 1 unspecified atom stereocenters. The number of aliphatic hydroxyl groups excluding tert-OH is 1. The Morgan fingerprint density at radius 2 is 2.04 bits per heavy atom. The van der Waals surface area contributed by atoms with E-state index in [1.807, 2.05) is 6.08 Å². The van der Waals surface area contributed by atoms with E-state index in [1.165, 1.54) is 0 Å². The molecule has 4 nitrogen and oxygen atoms in total. The van der Waals surface area contributed by atoms with Crippen LogP contribution in [0.5, 0.6) is 11.5 Å². The Morgan fingerprint density at radius 3 is 2.79 bits per heavy atom. The highest BCUT2D eigenvalue weighted by molar-refractivity contribution is 6.74. The molecule has 1 aromatic carbocycles. The highest BCUT2D eigenvalue weighted by atomic mass is 28.4. The third-order valence-corrected chi connectivity index (χ3v) is 10.6. The lowest BCUT2D eigenvalue weighted by atomic mass is 9.95. The lowest BCUT2D eigenvalue weighted by Crippen LogP contribution is -2.45. The van der Waals surface area contributed by atoms with E-state index in [0.29, 0.717) is 19.6 Å². The molecule has 1 N–H and O–H groups in total. The number of hydrogen-bond donors (Lipinski definition) is 1. The summed E-state index contributed by atoms with van der Waals surface area (Å²) in [5.41, 5.74) is 3.26. The van der Waals surface area contributed by atoms with E-state index < -0.39 is 14.6 Å². The van der Waals surface area contributed by atoms with Crippen LogP contribution in [0.2, 0.25) is 18.1 Å². The van der Waals surface area contributed by atoms with Gasteiger partial charge in [-0.1, -0.05) is 45.1 Å². The fraction of sp³-hybridized carbons (Fsp3) is 0.478. The Hall–Kier alpha value is -1.82. The highest BCUT2D eigenvalue weighted by Gasteiger charge is 2.39. The summed E-state index contributed by atoms with van der Waals surface area (Å²) in [5, 5.41) is 12.2. The Labute approximate surface area is 167 Å². The zero-order valence-electron chi connectivity index (χ0n) is 17.5. The van der Waals surface area contributed by atoms with E-state index in [4.69, 9.17) is 13.9 Å². The molecule has 28 heavy (non-hydrogen) atoms. The first kappa shape index (κ1) is 19.5. The Morgan fingerprint density at radius 1 is 1.25 bits per heavy atom. The summed E-state index contributed by atoms with van der Waals surface area (Å²) in [7, 11) is -2.04. The van der Waals surface area contributed by atoms with E-state index in [1.54, 1.807) is 0 Å². The van der Waals surface area contributed by atoms with Gasteiger partial charge in [-0.3, -0.25) is 0 Å². The summed E-state index contributed by atoms with van der Waals surface area (Å²) < 4.78 is 18.5. The molecule has 1 aromatic rings. The summed E-state index contributed by atoms with van der Waals surface area (Å²) in [6.07, 6.45) is 9.11. The SMILES string of the molecule is CC(C)(C)[Si](C)(C)Oc1cc2c(c3c1=C1COC(O)CC1=CC=C3)OCCC=2. The van der Waals surface area contributed by atoms with Gasteiger partial charge in [0.25, 0.3) is 8.32 Å². The van der Waals surface area contributed by atoms with Crippen LogP contribution in [0.25, 0.3) is 17.7 Å². The van der Waals surface area contributed by atoms with Crippen LogP contribution in [0.3, 0.4) is 0 Å². The summed E-state index contributed by atoms with van der Waals surface area (Å²) in [4.78, 5) is 0. The summed E-state index contributed by atoms with van der Waals surface area (Å²) >= 11 is 0. The molecule has 1 aliphatic carbocycles. The van der Waals surface area contributed by atoms with Crippen molar-refractivity contribution in [1.29, 1.82) is 0 Å². The van der Waals surface area contributed by atoms with Gasteiger partial charge in [-0.05, 0) is 35.3 Å². The van der Waals surface area contributed by atoms with Gasteiger partial charge in [0.05, 0.1) is 13.2 Å². The summed E-state index contributed by atoms with van der Waals surface area (Å²) in [6, 6.07) is 2.14. The first-order valence-electron chi connectivity index (χ1n) is 10.1. The Balaban J connectivity index is 2.01. The van der Waals surface area contributed by atoms with Gasteiger partial charge in [0.2, 0.25) is 0 Å². The predicted molar refractivity (Wildman–Crippen MR) is 115 cm³/mol. The maximum absolute atomic E-state index is 9.99. The topological polar surface area (TPSA) is 47.9 Å². The third-order valence-electron chi connectivity index (χ3n) is 6.27.